The monoisotopic (exact) mass is 400 g/mol. The molecule has 0 aromatic heterocycles. The smallest absolute Gasteiger partial charge is 0.246 e. The van der Waals surface area contributed by atoms with E-state index in [1.54, 1.807) is 0 Å². The number of nitrogens with zero attached hydrogens (tertiary/aromatic N) is 1. The fraction of sp³-hybridized carbons (Fsp3) is 0.840. The molecule has 3 unspecified atom stereocenters. The Morgan fingerprint density at radius 1 is 1.10 bits per heavy atom. The molecule has 0 spiro atoms. The van der Waals surface area contributed by atoms with Crippen LogP contribution in [0.2, 0.25) is 0 Å². The summed E-state index contributed by atoms with van der Waals surface area (Å²) in [6, 6.07) is 0.564. The highest BCUT2D eigenvalue weighted by Crippen LogP contribution is 2.65. The van der Waals surface area contributed by atoms with Crippen molar-refractivity contribution < 1.29 is 9.59 Å². The van der Waals surface area contributed by atoms with E-state index in [0.29, 0.717) is 29.7 Å². The van der Waals surface area contributed by atoms with E-state index in [-0.39, 0.29) is 34.6 Å². The molecule has 1 heterocycles. The third-order valence-electron chi connectivity index (χ3n) is 9.81. The maximum absolute atomic E-state index is 13.2. The lowest BCUT2D eigenvalue weighted by Crippen LogP contribution is -2.60. The summed E-state index contributed by atoms with van der Waals surface area (Å²) in [6.07, 6.45) is 10.9. The van der Waals surface area contributed by atoms with Crippen molar-refractivity contribution in [1.82, 2.24) is 10.2 Å². The van der Waals surface area contributed by atoms with Gasteiger partial charge in [0.25, 0.3) is 0 Å². The molecule has 8 atom stereocenters. The van der Waals surface area contributed by atoms with Gasteiger partial charge in [0.05, 0.1) is 0 Å². The van der Waals surface area contributed by atoms with Crippen molar-refractivity contribution in [2.75, 3.05) is 7.05 Å². The molecule has 3 fully saturated rings. The second-order valence-electron chi connectivity index (χ2n) is 11.3. The molecule has 0 aromatic rings. The van der Waals surface area contributed by atoms with Gasteiger partial charge in [-0.2, -0.15) is 0 Å². The first-order valence-corrected chi connectivity index (χ1v) is 11.9. The number of fused-ring (bicyclic) bond motifs is 5. The quantitative estimate of drug-likeness (QED) is 0.763. The van der Waals surface area contributed by atoms with Gasteiger partial charge in [-0.25, -0.2) is 0 Å². The number of carbonyl (C=O) groups excluding carboxylic acids is 2. The minimum Gasteiger partial charge on any atom is -0.353 e. The molecule has 1 N–H and O–H groups in total. The molecule has 0 saturated heterocycles. The second-order valence-corrected chi connectivity index (χ2v) is 11.3. The van der Waals surface area contributed by atoms with Crippen molar-refractivity contribution in [2.45, 2.75) is 85.2 Å². The molecule has 4 rings (SSSR count). The van der Waals surface area contributed by atoms with Gasteiger partial charge in [-0.3, -0.25) is 9.59 Å². The zero-order valence-corrected chi connectivity index (χ0v) is 19.2. The van der Waals surface area contributed by atoms with Gasteiger partial charge in [0.15, 0.2) is 0 Å². The van der Waals surface area contributed by atoms with Crippen LogP contribution in [0.4, 0.5) is 0 Å². The van der Waals surface area contributed by atoms with E-state index in [9.17, 15) is 9.59 Å². The summed E-state index contributed by atoms with van der Waals surface area (Å²) in [5.41, 5.74) is 0.213. The second kappa shape index (κ2) is 7.13. The molecular weight excluding hydrogens is 360 g/mol. The Morgan fingerprint density at radius 2 is 1.83 bits per heavy atom. The lowest BCUT2D eigenvalue weighted by Gasteiger charge is -2.60. The third-order valence-corrected chi connectivity index (χ3v) is 9.81. The largest absolute Gasteiger partial charge is 0.353 e. The summed E-state index contributed by atoms with van der Waals surface area (Å²) in [6.45, 7) is 11.3. The van der Waals surface area contributed by atoms with Crippen LogP contribution < -0.4 is 5.32 Å². The highest BCUT2D eigenvalue weighted by molar-refractivity contribution is 5.89. The Balaban J connectivity index is 1.56. The average Bonchev–Trinajstić information content (AvgIpc) is 3.02. The minimum atomic E-state index is 0.0827. The van der Waals surface area contributed by atoms with E-state index in [1.165, 1.54) is 19.3 Å². The molecule has 162 valence electrons. The molecule has 1 aliphatic heterocycles. The average molecular weight is 401 g/mol. The normalized spacial score (nSPS) is 44.9. The molecule has 3 aliphatic carbocycles. The molecule has 29 heavy (non-hydrogen) atoms. The van der Waals surface area contributed by atoms with Gasteiger partial charge in [-0.1, -0.05) is 33.8 Å². The van der Waals surface area contributed by atoms with Crippen molar-refractivity contribution in [3.63, 3.8) is 0 Å². The predicted octanol–water partition coefficient (Wildman–Crippen LogP) is 4.40. The zero-order valence-electron chi connectivity index (χ0n) is 19.2. The van der Waals surface area contributed by atoms with E-state index in [4.69, 9.17) is 0 Å². The van der Waals surface area contributed by atoms with Gasteiger partial charge < -0.3 is 10.2 Å². The molecule has 2 amide bonds. The van der Waals surface area contributed by atoms with E-state index in [2.05, 4.69) is 46.0 Å². The molecule has 4 nitrogen and oxygen atoms in total. The van der Waals surface area contributed by atoms with Crippen LogP contribution in [0.1, 0.15) is 73.1 Å². The van der Waals surface area contributed by atoms with Gasteiger partial charge in [0.2, 0.25) is 11.8 Å². The molecule has 0 bridgehead atoms. The molecule has 4 heteroatoms. The van der Waals surface area contributed by atoms with Crippen LogP contribution in [0, 0.1) is 40.4 Å². The van der Waals surface area contributed by atoms with Crippen LogP contribution in [0.3, 0.4) is 0 Å². The molecular formula is C25H40N2O2. The Hall–Kier alpha value is -1.32. The number of rotatable bonds is 3. The van der Waals surface area contributed by atoms with E-state index in [0.717, 1.165) is 19.3 Å². The van der Waals surface area contributed by atoms with Crippen LogP contribution in [-0.4, -0.2) is 35.8 Å². The summed E-state index contributed by atoms with van der Waals surface area (Å²) in [4.78, 5) is 27.4. The van der Waals surface area contributed by atoms with Crippen LogP contribution >= 0.6 is 0 Å². The number of nitrogens with one attached hydrogen (secondary N) is 1. The highest BCUT2D eigenvalue weighted by Gasteiger charge is 2.61. The Bertz CT molecular complexity index is 716. The number of amides is 2. The van der Waals surface area contributed by atoms with Crippen LogP contribution in [0.25, 0.3) is 0 Å². The maximum atomic E-state index is 13.2. The lowest BCUT2D eigenvalue weighted by atomic mass is 9.47. The topological polar surface area (TPSA) is 49.4 Å². The van der Waals surface area contributed by atoms with E-state index >= 15 is 0 Å². The Kier molecular flexibility index (Phi) is 5.15. The van der Waals surface area contributed by atoms with Crippen molar-refractivity contribution in [1.29, 1.82) is 0 Å². The van der Waals surface area contributed by atoms with E-state index in [1.807, 2.05) is 18.0 Å². The number of carbonyl (C=O) groups is 2. The van der Waals surface area contributed by atoms with Crippen molar-refractivity contribution in [3.05, 3.63) is 12.2 Å². The summed E-state index contributed by atoms with van der Waals surface area (Å²) in [5, 5.41) is 3.32. The molecule has 0 aromatic carbocycles. The number of hydrogen-bond donors (Lipinski definition) is 1. The van der Waals surface area contributed by atoms with Gasteiger partial charge in [-0.05, 0) is 80.6 Å². The zero-order chi connectivity index (χ0) is 21.1. The molecule has 0 radical (unpaired) electrons. The lowest BCUT2D eigenvalue weighted by molar-refractivity contribution is -0.142. The molecule has 3 saturated carbocycles. The maximum Gasteiger partial charge on any atom is 0.246 e. The molecule has 4 aliphatic rings. The summed E-state index contributed by atoms with van der Waals surface area (Å²) in [7, 11) is 1.98. The SMILES string of the molecule is CC(C)C(C)NC(=O)C1CC[C@H]2[C@@H]3CCC4N(C)C(=O)C=C[C@]4(C)[C@@H]3CC[C@]12C. The third kappa shape index (κ3) is 3.08. The predicted molar refractivity (Wildman–Crippen MR) is 116 cm³/mol. The first-order valence-electron chi connectivity index (χ1n) is 11.9. The van der Waals surface area contributed by atoms with Crippen molar-refractivity contribution in [3.8, 4) is 0 Å². The highest BCUT2D eigenvalue weighted by atomic mass is 16.2. The Morgan fingerprint density at radius 3 is 2.52 bits per heavy atom. The van der Waals surface area contributed by atoms with Crippen LogP contribution in [-0.2, 0) is 9.59 Å². The van der Waals surface area contributed by atoms with Gasteiger partial charge >= 0.3 is 0 Å². The van der Waals surface area contributed by atoms with Crippen molar-refractivity contribution >= 4 is 11.8 Å². The summed E-state index contributed by atoms with van der Waals surface area (Å²) in [5.74, 6) is 3.02. The fourth-order valence-corrected chi connectivity index (χ4v) is 7.66. The first kappa shape index (κ1) is 20.9. The van der Waals surface area contributed by atoms with Crippen molar-refractivity contribution in [2.24, 2.45) is 40.4 Å². The summed E-state index contributed by atoms with van der Waals surface area (Å²) >= 11 is 0. The number of hydrogen-bond acceptors (Lipinski definition) is 2. The van der Waals surface area contributed by atoms with Crippen LogP contribution in [0.15, 0.2) is 12.2 Å². The van der Waals surface area contributed by atoms with Gasteiger partial charge in [0.1, 0.15) is 0 Å². The fourth-order valence-electron chi connectivity index (χ4n) is 7.66. The van der Waals surface area contributed by atoms with E-state index < -0.39 is 0 Å². The van der Waals surface area contributed by atoms with Gasteiger partial charge in [0, 0.05) is 30.5 Å². The van der Waals surface area contributed by atoms with Crippen LogP contribution in [0.5, 0.6) is 0 Å². The standard InChI is InChI=1S/C25H40N2O2/c1-15(2)16(3)26-23(29)20-9-8-18-17-7-10-21-25(5,14-12-22(28)27(21)6)19(17)11-13-24(18,20)4/h12,14-21H,7-11,13H2,1-6H3,(H,26,29)/t16?,17-,18-,19+,20?,21?,24-,25+/m0/s1. The first-order chi connectivity index (χ1) is 13.6. The van der Waals surface area contributed by atoms with Gasteiger partial charge in [-0.15, -0.1) is 0 Å². The Labute approximate surface area is 176 Å². The minimum absolute atomic E-state index is 0.0827. The summed E-state index contributed by atoms with van der Waals surface area (Å²) < 4.78 is 0. The number of likely N-dealkylation sites (N-methyl/N-ethyl adjacent to an activating group) is 1.